The number of benzene rings is 2. The van der Waals surface area contributed by atoms with E-state index in [-0.39, 0.29) is 35.9 Å². The van der Waals surface area contributed by atoms with Crippen LogP contribution in [0, 0.1) is 5.82 Å². The lowest BCUT2D eigenvalue weighted by Crippen LogP contribution is -2.48. The summed E-state index contributed by atoms with van der Waals surface area (Å²) in [5, 5.41) is 3.20. The van der Waals surface area contributed by atoms with E-state index in [0.29, 0.717) is 30.8 Å². The Kier molecular flexibility index (Phi) is 6.88. The summed E-state index contributed by atoms with van der Waals surface area (Å²) in [7, 11) is 0. The lowest BCUT2D eigenvalue weighted by atomic mass is 10.0. The molecule has 1 unspecified atom stereocenters. The Hall–Kier alpha value is -2.25. The number of nitrogens with zero attached hydrogens (tertiary/aromatic N) is 1. The molecule has 1 amide bonds. The molecular weight excluding hydrogens is 369 g/mol. The van der Waals surface area contributed by atoms with Gasteiger partial charge in [0.25, 0.3) is 5.91 Å². The molecule has 2 aromatic carbocycles. The van der Waals surface area contributed by atoms with Crippen molar-refractivity contribution in [1.29, 1.82) is 0 Å². The fraction of sp³-hybridized carbons (Fsp3) is 0.278. The standard InChI is InChI=1S/C18H17F3N2O2.ClH/c19-14-3-1-2-13(10-14)16-11-22-8-9-23(16)17(24)12-4-6-15(7-5-12)25-18(20)21;/h1-7,10,16,18,22H,8-9,11H2;1H. The number of hydrogen-bond donors (Lipinski definition) is 1. The average Bonchev–Trinajstić information content (AvgIpc) is 2.61. The van der Waals surface area contributed by atoms with Gasteiger partial charge < -0.3 is 15.0 Å². The van der Waals surface area contributed by atoms with Crippen molar-refractivity contribution in [1.82, 2.24) is 10.2 Å². The fourth-order valence-corrected chi connectivity index (χ4v) is 2.90. The van der Waals surface area contributed by atoms with E-state index >= 15 is 0 Å². The van der Waals surface area contributed by atoms with Crippen LogP contribution in [-0.2, 0) is 0 Å². The highest BCUT2D eigenvalue weighted by Gasteiger charge is 2.28. The number of piperazine rings is 1. The van der Waals surface area contributed by atoms with Gasteiger partial charge in [0.05, 0.1) is 6.04 Å². The zero-order chi connectivity index (χ0) is 17.8. The van der Waals surface area contributed by atoms with E-state index in [2.05, 4.69) is 10.1 Å². The molecule has 140 valence electrons. The number of rotatable bonds is 4. The molecule has 1 N–H and O–H groups in total. The van der Waals surface area contributed by atoms with Crippen LogP contribution >= 0.6 is 12.4 Å². The number of ether oxygens (including phenoxy) is 1. The third-order valence-electron chi connectivity index (χ3n) is 4.06. The number of hydrogen-bond acceptors (Lipinski definition) is 3. The molecular formula is C18H18ClF3N2O2. The van der Waals surface area contributed by atoms with Gasteiger partial charge in [-0.2, -0.15) is 8.78 Å². The number of alkyl halides is 2. The Morgan fingerprint density at radius 1 is 1.19 bits per heavy atom. The van der Waals surface area contributed by atoms with Gasteiger partial charge in [-0.3, -0.25) is 4.79 Å². The van der Waals surface area contributed by atoms with E-state index in [1.807, 2.05) is 0 Å². The van der Waals surface area contributed by atoms with Gasteiger partial charge in [0.2, 0.25) is 0 Å². The van der Waals surface area contributed by atoms with Gasteiger partial charge in [0.15, 0.2) is 0 Å². The molecule has 26 heavy (non-hydrogen) atoms. The van der Waals surface area contributed by atoms with E-state index in [9.17, 15) is 18.0 Å². The van der Waals surface area contributed by atoms with Crippen LogP contribution in [0.1, 0.15) is 22.0 Å². The van der Waals surface area contributed by atoms with Crippen molar-refractivity contribution in [2.75, 3.05) is 19.6 Å². The van der Waals surface area contributed by atoms with Crippen LogP contribution in [0.15, 0.2) is 48.5 Å². The molecule has 0 aliphatic carbocycles. The van der Waals surface area contributed by atoms with E-state index in [1.54, 1.807) is 17.0 Å². The zero-order valence-electron chi connectivity index (χ0n) is 13.7. The topological polar surface area (TPSA) is 41.6 Å². The summed E-state index contributed by atoms with van der Waals surface area (Å²) in [5.74, 6) is -0.600. The number of carbonyl (C=O) groups is 1. The fourth-order valence-electron chi connectivity index (χ4n) is 2.90. The van der Waals surface area contributed by atoms with Gasteiger partial charge in [-0.25, -0.2) is 4.39 Å². The predicted molar refractivity (Wildman–Crippen MR) is 93.4 cm³/mol. The number of carbonyl (C=O) groups excluding carboxylic acids is 1. The summed E-state index contributed by atoms with van der Waals surface area (Å²) in [6, 6.07) is 11.4. The molecule has 2 aromatic rings. The first kappa shape index (κ1) is 20.1. The van der Waals surface area contributed by atoms with Crippen LogP contribution in [0.4, 0.5) is 13.2 Å². The van der Waals surface area contributed by atoms with E-state index < -0.39 is 6.61 Å². The van der Waals surface area contributed by atoms with Crippen molar-refractivity contribution in [3.63, 3.8) is 0 Å². The van der Waals surface area contributed by atoms with Crippen LogP contribution in [0.2, 0.25) is 0 Å². The SMILES string of the molecule is Cl.O=C(c1ccc(OC(F)F)cc1)N1CCNCC1c1cccc(F)c1. The quantitative estimate of drug-likeness (QED) is 0.872. The minimum atomic E-state index is -2.91. The smallest absolute Gasteiger partial charge is 0.387 e. The molecule has 0 saturated carbocycles. The maximum atomic E-state index is 13.5. The first-order chi connectivity index (χ1) is 12.0. The third kappa shape index (κ3) is 4.68. The normalized spacial score (nSPS) is 16.9. The summed E-state index contributed by atoms with van der Waals surface area (Å²) >= 11 is 0. The van der Waals surface area contributed by atoms with Crippen molar-refractivity contribution in [3.8, 4) is 5.75 Å². The molecule has 3 rings (SSSR count). The van der Waals surface area contributed by atoms with E-state index in [0.717, 1.165) is 0 Å². The van der Waals surface area contributed by atoms with Crippen LogP contribution in [-0.4, -0.2) is 37.1 Å². The Morgan fingerprint density at radius 3 is 2.58 bits per heavy atom. The maximum Gasteiger partial charge on any atom is 0.387 e. The Labute approximate surface area is 155 Å². The molecule has 1 fully saturated rings. The van der Waals surface area contributed by atoms with Crippen molar-refractivity contribution in [3.05, 3.63) is 65.5 Å². The van der Waals surface area contributed by atoms with Gasteiger partial charge >= 0.3 is 6.61 Å². The maximum absolute atomic E-state index is 13.5. The van der Waals surface area contributed by atoms with Gasteiger partial charge in [-0.15, -0.1) is 12.4 Å². The summed E-state index contributed by atoms with van der Waals surface area (Å²) in [4.78, 5) is 14.5. The molecule has 0 radical (unpaired) electrons. The van der Waals surface area contributed by atoms with Gasteiger partial charge in [0, 0.05) is 25.2 Å². The summed E-state index contributed by atoms with van der Waals surface area (Å²) in [6.07, 6.45) is 0. The number of amides is 1. The third-order valence-corrected chi connectivity index (χ3v) is 4.06. The first-order valence-electron chi connectivity index (χ1n) is 7.86. The molecule has 0 aromatic heterocycles. The second-order valence-electron chi connectivity index (χ2n) is 5.68. The van der Waals surface area contributed by atoms with Crippen molar-refractivity contribution >= 4 is 18.3 Å². The van der Waals surface area contributed by atoms with E-state index in [1.165, 1.54) is 36.4 Å². The molecule has 8 heteroatoms. The molecule has 1 heterocycles. The molecule has 0 spiro atoms. The highest BCUT2D eigenvalue weighted by atomic mass is 35.5. The van der Waals surface area contributed by atoms with Gasteiger partial charge in [-0.1, -0.05) is 12.1 Å². The second kappa shape index (κ2) is 8.91. The van der Waals surface area contributed by atoms with Gasteiger partial charge in [0.1, 0.15) is 11.6 Å². The van der Waals surface area contributed by atoms with Crippen LogP contribution in [0.5, 0.6) is 5.75 Å². The monoisotopic (exact) mass is 386 g/mol. The lowest BCUT2D eigenvalue weighted by Gasteiger charge is -2.36. The predicted octanol–water partition coefficient (Wildman–Crippen LogP) is 3.64. The minimum Gasteiger partial charge on any atom is -0.435 e. The lowest BCUT2D eigenvalue weighted by molar-refractivity contribution is -0.0498. The molecule has 1 atom stereocenters. The number of nitrogens with one attached hydrogen (secondary N) is 1. The number of halogens is 4. The van der Waals surface area contributed by atoms with Crippen LogP contribution in [0.3, 0.4) is 0 Å². The summed E-state index contributed by atoms with van der Waals surface area (Å²) < 4.78 is 42.2. The molecule has 0 bridgehead atoms. The van der Waals surface area contributed by atoms with Crippen molar-refractivity contribution < 1.29 is 22.7 Å². The first-order valence-corrected chi connectivity index (χ1v) is 7.86. The minimum absolute atomic E-state index is 0. The Bertz CT molecular complexity index is 743. The Balaban J connectivity index is 0.00000243. The molecule has 4 nitrogen and oxygen atoms in total. The van der Waals surface area contributed by atoms with Crippen LogP contribution in [0.25, 0.3) is 0 Å². The van der Waals surface area contributed by atoms with E-state index in [4.69, 9.17) is 0 Å². The van der Waals surface area contributed by atoms with Crippen LogP contribution < -0.4 is 10.1 Å². The van der Waals surface area contributed by atoms with Crippen molar-refractivity contribution in [2.24, 2.45) is 0 Å². The second-order valence-corrected chi connectivity index (χ2v) is 5.68. The highest BCUT2D eigenvalue weighted by Crippen LogP contribution is 2.25. The Morgan fingerprint density at radius 2 is 1.92 bits per heavy atom. The largest absolute Gasteiger partial charge is 0.435 e. The molecule has 1 saturated heterocycles. The summed E-state index contributed by atoms with van der Waals surface area (Å²) in [5.41, 5.74) is 1.07. The van der Waals surface area contributed by atoms with Gasteiger partial charge in [-0.05, 0) is 42.0 Å². The summed E-state index contributed by atoms with van der Waals surface area (Å²) in [6.45, 7) is -1.30. The molecule has 1 aliphatic rings. The highest BCUT2D eigenvalue weighted by molar-refractivity contribution is 5.94. The van der Waals surface area contributed by atoms with Crippen molar-refractivity contribution in [2.45, 2.75) is 12.7 Å². The zero-order valence-corrected chi connectivity index (χ0v) is 14.5. The average molecular weight is 387 g/mol. The molecule has 1 aliphatic heterocycles.